The van der Waals surface area contributed by atoms with Crippen molar-refractivity contribution in [1.29, 1.82) is 0 Å². The van der Waals surface area contributed by atoms with Crippen LogP contribution in [0, 0.1) is 0 Å². The van der Waals surface area contributed by atoms with E-state index in [9.17, 15) is 0 Å². The van der Waals surface area contributed by atoms with Gasteiger partial charge in [-0.15, -0.1) is 0 Å². The highest BCUT2D eigenvalue weighted by Gasteiger charge is 2.31. The van der Waals surface area contributed by atoms with Gasteiger partial charge >= 0.3 is 0 Å². The van der Waals surface area contributed by atoms with Gasteiger partial charge in [-0.05, 0) is 76.1 Å². The number of imidazole rings is 1. The quantitative estimate of drug-likeness (QED) is 0.173. The Hall–Kier alpha value is -7.11. The van der Waals surface area contributed by atoms with Gasteiger partial charge in [-0.1, -0.05) is 152 Å². The minimum Gasteiger partial charge on any atom is -0.294 e. The topological polar surface area (TPSA) is 48.5 Å². The van der Waals surface area contributed by atoms with E-state index in [-0.39, 0.29) is 5.92 Å². The molecule has 0 aliphatic carbocycles. The zero-order valence-electron chi connectivity index (χ0n) is 30.0. The van der Waals surface area contributed by atoms with Crippen LogP contribution in [-0.2, 0) is 12.8 Å². The van der Waals surface area contributed by atoms with Gasteiger partial charge in [0.1, 0.15) is 11.3 Å². The average molecular weight is 706 g/mol. The molecule has 260 valence electrons. The molecule has 0 saturated heterocycles. The van der Waals surface area contributed by atoms with E-state index in [2.05, 4.69) is 179 Å². The summed E-state index contributed by atoms with van der Waals surface area (Å²) in [6, 6.07) is 64.7. The maximum absolute atomic E-state index is 5.51. The van der Waals surface area contributed by atoms with Crippen LogP contribution in [0.3, 0.4) is 0 Å². The number of fused-ring (bicyclic) bond motifs is 8. The second kappa shape index (κ2) is 12.8. The molecule has 7 aromatic carbocycles. The van der Waals surface area contributed by atoms with E-state index in [1.54, 1.807) is 0 Å². The van der Waals surface area contributed by atoms with Crippen molar-refractivity contribution in [1.82, 2.24) is 24.1 Å². The average Bonchev–Trinajstić information content (AvgIpc) is 3.78. The molecule has 5 heteroatoms. The number of para-hydroxylation sites is 2. The van der Waals surface area contributed by atoms with Gasteiger partial charge < -0.3 is 0 Å². The van der Waals surface area contributed by atoms with Gasteiger partial charge in [0.05, 0.1) is 22.4 Å². The van der Waals surface area contributed by atoms with Crippen LogP contribution in [0.1, 0.15) is 22.9 Å². The molecule has 55 heavy (non-hydrogen) atoms. The number of aromatic nitrogens is 5. The van der Waals surface area contributed by atoms with Crippen molar-refractivity contribution in [3.63, 3.8) is 0 Å². The van der Waals surface area contributed by atoms with E-state index < -0.39 is 0 Å². The fraction of sp³-hybridized carbons (Fsp3) is 0.0600. The first kappa shape index (κ1) is 31.4. The van der Waals surface area contributed by atoms with Crippen molar-refractivity contribution in [2.24, 2.45) is 0 Å². The number of rotatable bonds is 6. The molecule has 4 heterocycles. The molecule has 1 atom stereocenters. The molecular weight excluding hydrogens is 671 g/mol. The first-order valence-corrected chi connectivity index (χ1v) is 18.9. The van der Waals surface area contributed by atoms with Gasteiger partial charge in [0, 0.05) is 22.8 Å². The Bertz CT molecular complexity index is 3030. The Labute approximate surface area is 318 Å². The van der Waals surface area contributed by atoms with Gasteiger partial charge in [-0.3, -0.25) is 9.13 Å². The largest absolute Gasteiger partial charge is 0.294 e. The lowest BCUT2D eigenvalue weighted by molar-refractivity contribution is 0.619. The second-order valence-electron chi connectivity index (χ2n) is 14.5. The lowest BCUT2D eigenvalue weighted by atomic mass is 9.84. The smallest absolute Gasteiger partial charge is 0.237 e. The summed E-state index contributed by atoms with van der Waals surface area (Å²) in [5.74, 6) is 1.92. The molecule has 0 amide bonds. The van der Waals surface area contributed by atoms with E-state index in [4.69, 9.17) is 15.0 Å². The van der Waals surface area contributed by atoms with Gasteiger partial charge in [0.25, 0.3) is 0 Å². The molecule has 1 unspecified atom stereocenters. The summed E-state index contributed by atoms with van der Waals surface area (Å²) in [6.07, 6.45) is 1.74. The minimum absolute atomic E-state index is 0.245. The Balaban J connectivity index is 1.13. The molecule has 5 nitrogen and oxygen atoms in total. The van der Waals surface area contributed by atoms with Gasteiger partial charge in [-0.25, -0.2) is 15.0 Å². The molecular formula is C50H35N5. The van der Waals surface area contributed by atoms with E-state index >= 15 is 0 Å². The van der Waals surface area contributed by atoms with Crippen molar-refractivity contribution in [3.8, 4) is 45.1 Å². The molecule has 0 saturated carbocycles. The summed E-state index contributed by atoms with van der Waals surface area (Å²) in [6.45, 7) is 0. The van der Waals surface area contributed by atoms with E-state index in [0.29, 0.717) is 5.95 Å². The van der Waals surface area contributed by atoms with Gasteiger partial charge in [-0.2, -0.15) is 0 Å². The Morgan fingerprint density at radius 2 is 1.13 bits per heavy atom. The third kappa shape index (κ3) is 5.27. The lowest BCUT2D eigenvalue weighted by Crippen LogP contribution is -2.19. The third-order valence-corrected chi connectivity index (χ3v) is 11.1. The molecule has 1 aliphatic rings. The molecule has 0 radical (unpaired) electrons. The van der Waals surface area contributed by atoms with Crippen molar-refractivity contribution < 1.29 is 0 Å². The SMILES string of the molecule is c1ccc(CC2Cc3nc4c(c5ccccc5n4-c4nc(-c5ccccc5)c5ccccc5n4)n3-c3ccc(-c4cccc(-c5ccccc5)c4)cc32)cc1. The molecule has 0 spiro atoms. The summed E-state index contributed by atoms with van der Waals surface area (Å²) in [7, 11) is 0. The summed E-state index contributed by atoms with van der Waals surface area (Å²) in [5.41, 5.74) is 14.6. The molecule has 1 aliphatic heterocycles. The summed E-state index contributed by atoms with van der Waals surface area (Å²) >= 11 is 0. The number of nitrogens with zero attached hydrogens (tertiary/aromatic N) is 5. The van der Waals surface area contributed by atoms with Crippen LogP contribution in [-0.4, -0.2) is 24.1 Å². The normalized spacial score (nSPS) is 13.6. The lowest BCUT2D eigenvalue weighted by Gasteiger charge is -2.28. The highest BCUT2D eigenvalue weighted by Crippen LogP contribution is 2.43. The molecule has 3 aromatic heterocycles. The molecule has 11 rings (SSSR count). The van der Waals surface area contributed by atoms with E-state index in [1.807, 2.05) is 12.1 Å². The predicted octanol–water partition coefficient (Wildman–Crippen LogP) is 11.8. The third-order valence-electron chi connectivity index (χ3n) is 11.1. The monoisotopic (exact) mass is 705 g/mol. The fourth-order valence-electron chi connectivity index (χ4n) is 8.60. The van der Waals surface area contributed by atoms with E-state index in [0.717, 1.165) is 62.9 Å². The maximum Gasteiger partial charge on any atom is 0.237 e. The second-order valence-corrected chi connectivity index (χ2v) is 14.5. The fourth-order valence-corrected chi connectivity index (χ4v) is 8.60. The summed E-state index contributed by atoms with van der Waals surface area (Å²) in [4.78, 5) is 16.0. The highest BCUT2D eigenvalue weighted by atomic mass is 15.2. The van der Waals surface area contributed by atoms with Crippen molar-refractivity contribution >= 4 is 33.0 Å². The number of hydrogen-bond acceptors (Lipinski definition) is 3. The van der Waals surface area contributed by atoms with Crippen LogP contribution in [0.2, 0.25) is 0 Å². The Kier molecular flexibility index (Phi) is 7.30. The first-order chi connectivity index (χ1) is 27.3. The predicted molar refractivity (Wildman–Crippen MR) is 224 cm³/mol. The van der Waals surface area contributed by atoms with Crippen LogP contribution in [0.25, 0.3) is 78.1 Å². The summed E-state index contributed by atoms with van der Waals surface area (Å²) in [5, 5.41) is 2.15. The summed E-state index contributed by atoms with van der Waals surface area (Å²) < 4.78 is 4.58. The Morgan fingerprint density at radius 1 is 0.491 bits per heavy atom. The molecule has 0 bridgehead atoms. The van der Waals surface area contributed by atoms with Crippen LogP contribution in [0.15, 0.2) is 182 Å². The van der Waals surface area contributed by atoms with Crippen molar-refractivity contribution in [2.45, 2.75) is 18.8 Å². The molecule has 0 fully saturated rings. The number of benzene rings is 7. The van der Waals surface area contributed by atoms with Crippen LogP contribution < -0.4 is 0 Å². The zero-order chi connectivity index (χ0) is 36.3. The van der Waals surface area contributed by atoms with Crippen molar-refractivity contribution in [3.05, 3.63) is 199 Å². The van der Waals surface area contributed by atoms with Gasteiger partial charge in [0.15, 0.2) is 5.65 Å². The first-order valence-electron chi connectivity index (χ1n) is 18.9. The van der Waals surface area contributed by atoms with Crippen LogP contribution in [0.5, 0.6) is 0 Å². The maximum atomic E-state index is 5.51. The van der Waals surface area contributed by atoms with Crippen molar-refractivity contribution in [2.75, 3.05) is 0 Å². The van der Waals surface area contributed by atoms with Crippen LogP contribution in [0.4, 0.5) is 0 Å². The molecule has 10 aromatic rings. The zero-order valence-corrected chi connectivity index (χ0v) is 30.0. The highest BCUT2D eigenvalue weighted by molar-refractivity contribution is 6.07. The number of hydrogen-bond donors (Lipinski definition) is 0. The Morgan fingerprint density at radius 3 is 1.93 bits per heavy atom. The van der Waals surface area contributed by atoms with Crippen LogP contribution >= 0.6 is 0 Å². The minimum atomic E-state index is 0.245. The molecule has 0 N–H and O–H groups in total. The standard InChI is InChI=1S/C50H35N5/c1-4-15-33(16-5-1)29-39-32-46-52-49-48(54(46)45-28-27-38(31-42(39)45)37-22-14-21-36(30-37)34-17-6-2-7-18-34)41-24-11-13-26-44(41)55(49)50-51-43-25-12-10-23-40(43)47(53-50)35-19-8-3-9-20-35/h1-28,30-31,39H,29,32H2. The van der Waals surface area contributed by atoms with E-state index in [1.165, 1.54) is 39.1 Å². The van der Waals surface area contributed by atoms with Gasteiger partial charge in [0.2, 0.25) is 5.95 Å².